The van der Waals surface area contributed by atoms with Crippen LogP contribution in [0.15, 0.2) is 18.2 Å². The molecule has 0 aliphatic rings. The Morgan fingerprint density at radius 3 is 2.59 bits per heavy atom. The molecule has 1 rings (SSSR count). The number of benzene rings is 1. The number of nitrogens with zero attached hydrogens (tertiary/aromatic N) is 1. The van der Waals surface area contributed by atoms with E-state index in [-0.39, 0.29) is 0 Å². The summed E-state index contributed by atoms with van der Waals surface area (Å²) in [5.74, 6) is -0.435. The van der Waals surface area contributed by atoms with E-state index in [0.717, 1.165) is 0 Å². The maximum absolute atomic E-state index is 13.0. The Morgan fingerprint density at radius 2 is 2.12 bits per heavy atom. The third kappa shape index (κ3) is 3.82. The molecule has 0 aliphatic heterocycles. The number of halogens is 1. The van der Waals surface area contributed by atoms with Crippen LogP contribution in [-0.2, 0) is 0 Å². The van der Waals surface area contributed by atoms with Crippen LogP contribution < -0.4 is 4.90 Å². The lowest BCUT2D eigenvalue weighted by Crippen LogP contribution is -2.39. The van der Waals surface area contributed by atoms with Crippen molar-refractivity contribution in [3.05, 3.63) is 29.6 Å². The van der Waals surface area contributed by atoms with Crippen LogP contribution in [0.5, 0.6) is 0 Å². The molecule has 94 valence electrons. The molecule has 4 heteroatoms. The quantitative estimate of drug-likeness (QED) is 0.801. The minimum atomic E-state index is -0.870. The summed E-state index contributed by atoms with van der Waals surface area (Å²) in [6, 6.07) is 4.08. The Bertz CT molecular complexity index is 399. The van der Waals surface area contributed by atoms with Crippen LogP contribution >= 0.6 is 0 Å². The zero-order valence-corrected chi connectivity index (χ0v) is 10.4. The van der Waals surface area contributed by atoms with Crippen molar-refractivity contribution in [3.8, 4) is 0 Å². The van der Waals surface area contributed by atoms with Gasteiger partial charge in [-0.1, -0.05) is 0 Å². The number of carbonyl (C=O) groups excluding carboxylic acids is 1. The van der Waals surface area contributed by atoms with E-state index in [1.54, 1.807) is 19.9 Å². The molecule has 0 unspecified atom stereocenters. The summed E-state index contributed by atoms with van der Waals surface area (Å²) in [6.07, 6.45) is 0.630. The van der Waals surface area contributed by atoms with E-state index in [1.807, 2.05) is 11.8 Å². The summed E-state index contributed by atoms with van der Waals surface area (Å²) in [4.78, 5) is 12.8. The molecule has 3 nitrogen and oxygen atoms in total. The summed E-state index contributed by atoms with van der Waals surface area (Å²) < 4.78 is 13.0. The molecule has 0 fully saturated rings. The maximum Gasteiger partial charge on any atom is 0.152 e. The van der Waals surface area contributed by atoms with Crippen molar-refractivity contribution in [1.82, 2.24) is 0 Å². The van der Waals surface area contributed by atoms with Crippen molar-refractivity contribution in [2.75, 3.05) is 18.0 Å². The fraction of sp³-hybridized carbons (Fsp3) is 0.462. The van der Waals surface area contributed by atoms with Crippen LogP contribution in [0.4, 0.5) is 10.1 Å². The second-order valence-corrected chi connectivity index (χ2v) is 4.65. The first-order valence-electron chi connectivity index (χ1n) is 5.59. The number of rotatable bonds is 5. The Labute approximate surface area is 101 Å². The van der Waals surface area contributed by atoms with Crippen molar-refractivity contribution >= 4 is 12.0 Å². The molecule has 1 aromatic carbocycles. The first-order valence-corrected chi connectivity index (χ1v) is 5.59. The number of hydrogen-bond acceptors (Lipinski definition) is 3. The highest BCUT2D eigenvalue weighted by molar-refractivity contribution is 5.84. The van der Waals surface area contributed by atoms with Crippen LogP contribution in [0.2, 0.25) is 0 Å². The van der Waals surface area contributed by atoms with Gasteiger partial charge in [0.05, 0.1) is 5.60 Å². The number of aldehydes is 1. The average Bonchev–Trinajstić information content (AvgIpc) is 2.24. The SMILES string of the molecule is CCN(CC(C)(C)O)c1ccc(F)cc1C=O. The van der Waals surface area contributed by atoms with Gasteiger partial charge in [0, 0.05) is 24.3 Å². The van der Waals surface area contributed by atoms with Crippen LogP contribution in [0.1, 0.15) is 31.1 Å². The number of carbonyl (C=O) groups is 1. The van der Waals surface area contributed by atoms with Crippen molar-refractivity contribution < 1.29 is 14.3 Å². The molecular formula is C13H18FNO2. The smallest absolute Gasteiger partial charge is 0.152 e. The van der Waals surface area contributed by atoms with Crippen molar-refractivity contribution in [1.29, 1.82) is 0 Å². The largest absolute Gasteiger partial charge is 0.389 e. The van der Waals surface area contributed by atoms with Crippen LogP contribution in [0.3, 0.4) is 0 Å². The molecule has 0 aromatic heterocycles. The second-order valence-electron chi connectivity index (χ2n) is 4.65. The lowest BCUT2D eigenvalue weighted by Gasteiger charge is -2.30. The Kier molecular flexibility index (Phi) is 4.23. The van der Waals surface area contributed by atoms with Crippen LogP contribution in [0, 0.1) is 5.82 Å². The zero-order valence-electron chi connectivity index (χ0n) is 10.4. The number of anilines is 1. The Balaban J connectivity index is 3.07. The molecule has 0 saturated carbocycles. The Hall–Kier alpha value is -1.42. The molecule has 0 spiro atoms. The highest BCUT2D eigenvalue weighted by Gasteiger charge is 2.19. The average molecular weight is 239 g/mol. The molecule has 0 amide bonds. The second kappa shape index (κ2) is 5.27. The summed E-state index contributed by atoms with van der Waals surface area (Å²) in [5, 5.41) is 9.79. The summed E-state index contributed by atoms with van der Waals surface area (Å²) in [5.41, 5.74) is 0.0759. The van der Waals surface area contributed by atoms with Crippen molar-refractivity contribution in [2.24, 2.45) is 0 Å². The third-order valence-electron chi connectivity index (χ3n) is 2.42. The summed E-state index contributed by atoms with van der Waals surface area (Å²) >= 11 is 0. The van der Waals surface area contributed by atoms with Gasteiger partial charge in [0.15, 0.2) is 6.29 Å². The van der Waals surface area contributed by atoms with Crippen molar-refractivity contribution in [2.45, 2.75) is 26.4 Å². The van der Waals surface area contributed by atoms with Crippen LogP contribution in [-0.4, -0.2) is 30.1 Å². The predicted molar refractivity (Wildman–Crippen MR) is 66.0 cm³/mol. The molecule has 0 aliphatic carbocycles. The number of likely N-dealkylation sites (N-methyl/N-ethyl adjacent to an activating group) is 1. The monoisotopic (exact) mass is 239 g/mol. The van der Waals surface area contributed by atoms with E-state index in [0.29, 0.717) is 30.6 Å². The van der Waals surface area contributed by atoms with E-state index in [1.165, 1.54) is 12.1 Å². The normalized spacial score (nSPS) is 11.4. The maximum atomic E-state index is 13.0. The van der Waals surface area contributed by atoms with E-state index in [9.17, 15) is 14.3 Å². The molecule has 0 radical (unpaired) electrons. The molecule has 0 heterocycles. The van der Waals surface area contributed by atoms with Gasteiger partial charge in [0.25, 0.3) is 0 Å². The van der Waals surface area contributed by atoms with Gasteiger partial charge in [-0.05, 0) is 39.0 Å². The summed E-state index contributed by atoms with van der Waals surface area (Å²) in [7, 11) is 0. The summed E-state index contributed by atoms with van der Waals surface area (Å²) in [6.45, 7) is 6.33. The molecule has 17 heavy (non-hydrogen) atoms. The van der Waals surface area contributed by atoms with Gasteiger partial charge in [-0.15, -0.1) is 0 Å². The van der Waals surface area contributed by atoms with E-state index in [2.05, 4.69) is 0 Å². The molecule has 1 aromatic rings. The fourth-order valence-electron chi connectivity index (χ4n) is 1.74. The highest BCUT2D eigenvalue weighted by atomic mass is 19.1. The first-order chi connectivity index (χ1) is 7.87. The van der Waals surface area contributed by atoms with Gasteiger partial charge in [-0.25, -0.2) is 4.39 Å². The molecule has 0 saturated heterocycles. The molecule has 0 atom stereocenters. The Morgan fingerprint density at radius 1 is 1.47 bits per heavy atom. The van der Waals surface area contributed by atoms with Gasteiger partial charge < -0.3 is 10.0 Å². The van der Waals surface area contributed by atoms with Gasteiger partial charge in [-0.3, -0.25) is 4.79 Å². The minimum Gasteiger partial charge on any atom is -0.389 e. The van der Waals surface area contributed by atoms with Gasteiger partial charge >= 0.3 is 0 Å². The molecule has 1 N–H and O–H groups in total. The van der Waals surface area contributed by atoms with E-state index >= 15 is 0 Å². The number of hydrogen-bond donors (Lipinski definition) is 1. The van der Waals surface area contributed by atoms with E-state index < -0.39 is 11.4 Å². The third-order valence-corrected chi connectivity index (χ3v) is 2.42. The predicted octanol–water partition coefficient (Wildman–Crippen LogP) is 2.24. The lowest BCUT2D eigenvalue weighted by molar-refractivity contribution is 0.0874. The van der Waals surface area contributed by atoms with Gasteiger partial charge in [0.1, 0.15) is 5.82 Å². The lowest BCUT2D eigenvalue weighted by atomic mass is 10.1. The minimum absolute atomic E-state index is 0.302. The fourth-order valence-corrected chi connectivity index (χ4v) is 1.74. The van der Waals surface area contributed by atoms with Gasteiger partial charge in [0.2, 0.25) is 0 Å². The zero-order chi connectivity index (χ0) is 13.1. The van der Waals surface area contributed by atoms with Crippen LogP contribution in [0.25, 0.3) is 0 Å². The topological polar surface area (TPSA) is 40.5 Å². The first kappa shape index (κ1) is 13.6. The van der Waals surface area contributed by atoms with Gasteiger partial charge in [-0.2, -0.15) is 0 Å². The molecular weight excluding hydrogens is 221 g/mol. The standard InChI is InChI=1S/C13H18FNO2/c1-4-15(9-13(2,3)17)12-6-5-11(14)7-10(12)8-16/h5-8,17H,4,9H2,1-3H3. The highest BCUT2D eigenvalue weighted by Crippen LogP contribution is 2.22. The molecule has 0 bridgehead atoms. The van der Waals surface area contributed by atoms with E-state index in [4.69, 9.17) is 0 Å². The number of aliphatic hydroxyl groups is 1. The van der Waals surface area contributed by atoms with Crippen molar-refractivity contribution in [3.63, 3.8) is 0 Å².